The van der Waals surface area contributed by atoms with Crippen LogP contribution in [0.15, 0.2) is 0 Å². The molecule has 2 N–H and O–H groups in total. The summed E-state index contributed by atoms with van der Waals surface area (Å²) < 4.78 is 12.4. The molecular weight excluding hydrogens is 440 g/mol. The van der Waals surface area contributed by atoms with E-state index in [0.29, 0.717) is 34.0 Å². The molecule has 1 aliphatic heterocycles. The van der Waals surface area contributed by atoms with Gasteiger partial charge < -0.3 is 19.7 Å². The van der Waals surface area contributed by atoms with Gasteiger partial charge in [-0.3, -0.25) is 4.79 Å². The third-order valence-corrected chi connectivity index (χ3v) is 12.9. The number of rotatable bonds is 3. The summed E-state index contributed by atoms with van der Waals surface area (Å²) in [7, 11) is 0. The van der Waals surface area contributed by atoms with Gasteiger partial charge in [-0.15, -0.1) is 0 Å². The average Bonchev–Trinajstić information content (AvgIpc) is 3.34. The van der Waals surface area contributed by atoms with Crippen LogP contribution in [0, 0.1) is 45.3 Å². The van der Waals surface area contributed by atoms with Crippen LogP contribution in [0.5, 0.6) is 0 Å². The second kappa shape index (κ2) is 7.47. The molecule has 11 atom stereocenters. The third kappa shape index (κ3) is 3.19. The number of aliphatic hydroxyl groups is 2. The summed E-state index contributed by atoms with van der Waals surface area (Å²) in [4.78, 5) is 11.8. The van der Waals surface area contributed by atoms with Crippen LogP contribution in [0.25, 0.3) is 0 Å². The summed E-state index contributed by atoms with van der Waals surface area (Å²) in [6, 6.07) is 0. The number of carbonyl (C=O) groups excluding carboxylic acids is 1. The summed E-state index contributed by atoms with van der Waals surface area (Å²) in [5, 5.41) is 21.6. The van der Waals surface area contributed by atoms with Gasteiger partial charge >= 0.3 is 5.97 Å². The SMILES string of the molecule is CC(=O)O[C@@H](C1CCC2C(CC3C4CCC5C(C)(C)[C@@H](O)CCC56CC46CC[C@]23C)O1)C(C)(C)O.[HH]. The molecule has 200 valence electrons. The Morgan fingerprint density at radius 2 is 1.71 bits per heavy atom. The predicted octanol–water partition coefficient (Wildman–Crippen LogP) is 5.50. The minimum Gasteiger partial charge on any atom is -0.457 e. The van der Waals surface area contributed by atoms with Crippen LogP contribution < -0.4 is 0 Å². The molecule has 0 aromatic heterocycles. The summed E-state index contributed by atoms with van der Waals surface area (Å²) in [5.41, 5.74) is 0.212. The Balaban J connectivity index is 0.00000267. The van der Waals surface area contributed by atoms with Gasteiger partial charge in [-0.1, -0.05) is 20.8 Å². The van der Waals surface area contributed by atoms with Crippen LogP contribution in [0.1, 0.15) is 107 Å². The third-order valence-electron chi connectivity index (χ3n) is 12.9. The first kappa shape index (κ1) is 24.7. The van der Waals surface area contributed by atoms with Crippen molar-refractivity contribution in [2.45, 2.75) is 136 Å². The van der Waals surface area contributed by atoms with E-state index in [4.69, 9.17) is 9.47 Å². The first-order valence-electron chi connectivity index (χ1n) is 14.5. The van der Waals surface area contributed by atoms with Crippen molar-refractivity contribution in [2.75, 3.05) is 0 Å². The summed E-state index contributed by atoms with van der Waals surface area (Å²) >= 11 is 0. The van der Waals surface area contributed by atoms with Crippen LogP contribution in [-0.4, -0.2) is 46.2 Å². The molecule has 6 fully saturated rings. The van der Waals surface area contributed by atoms with Crippen LogP contribution in [0.2, 0.25) is 0 Å². The molecule has 5 nitrogen and oxygen atoms in total. The zero-order chi connectivity index (χ0) is 25.2. The topological polar surface area (TPSA) is 76.0 Å². The van der Waals surface area contributed by atoms with Crippen molar-refractivity contribution in [3.05, 3.63) is 0 Å². The number of ether oxygens (including phenoxy) is 2. The molecule has 0 radical (unpaired) electrons. The Morgan fingerprint density at radius 1 is 1.00 bits per heavy atom. The fourth-order valence-electron chi connectivity index (χ4n) is 11.3. The fraction of sp³-hybridized carbons (Fsp3) is 0.967. The lowest BCUT2D eigenvalue weighted by Gasteiger charge is -2.59. The molecule has 5 aliphatic carbocycles. The molecule has 8 unspecified atom stereocenters. The number of hydrogen-bond acceptors (Lipinski definition) is 5. The fourth-order valence-corrected chi connectivity index (χ4v) is 11.3. The molecule has 0 aromatic rings. The van der Waals surface area contributed by atoms with E-state index in [-0.39, 0.29) is 31.1 Å². The van der Waals surface area contributed by atoms with E-state index in [1.165, 1.54) is 45.4 Å². The Morgan fingerprint density at radius 3 is 2.40 bits per heavy atom. The van der Waals surface area contributed by atoms with Gasteiger partial charge in [0.1, 0.15) is 0 Å². The smallest absolute Gasteiger partial charge is 0.303 e. The van der Waals surface area contributed by atoms with Crippen molar-refractivity contribution >= 4 is 5.97 Å². The van der Waals surface area contributed by atoms with E-state index in [2.05, 4.69) is 20.8 Å². The van der Waals surface area contributed by atoms with Gasteiger partial charge in [0.25, 0.3) is 0 Å². The summed E-state index contributed by atoms with van der Waals surface area (Å²) in [6.45, 7) is 12.1. The molecule has 6 rings (SSSR count). The maximum absolute atomic E-state index is 11.8. The highest BCUT2D eigenvalue weighted by Crippen LogP contribution is 2.87. The normalized spacial score (nSPS) is 52.7. The number of fused-ring (bicyclic) bond motifs is 4. The van der Waals surface area contributed by atoms with Gasteiger partial charge in [0, 0.05) is 8.35 Å². The molecule has 2 spiro atoms. The Kier molecular flexibility index (Phi) is 5.27. The molecule has 0 amide bonds. The second-order valence-corrected chi connectivity index (χ2v) is 15.0. The van der Waals surface area contributed by atoms with Gasteiger partial charge in [0.15, 0.2) is 6.10 Å². The molecule has 5 saturated carbocycles. The number of aliphatic hydroxyl groups excluding tert-OH is 1. The lowest BCUT2D eigenvalue weighted by Crippen LogP contribution is -2.54. The zero-order valence-corrected chi connectivity index (χ0v) is 22.8. The van der Waals surface area contributed by atoms with Crippen molar-refractivity contribution in [3.63, 3.8) is 0 Å². The number of hydrogen-bond donors (Lipinski definition) is 2. The van der Waals surface area contributed by atoms with Crippen LogP contribution in [0.4, 0.5) is 0 Å². The molecule has 6 aliphatic rings. The van der Waals surface area contributed by atoms with Crippen molar-refractivity contribution in [1.82, 2.24) is 0 Å². The van der Waals surface area contributed by atoms with E-state index in [1.807, 2.05) is 0 Å². The second-order valence-electron chi connectivity index (χ2n) is 15.0. The summed E-state index contributed by atoms with van der Waals surface area (Å²) in [5.74, 6) is 2.37. The van der Waals surface area contributed by atoms with Crippen molar-refractivity contribution < 1.29 is 25.9 Å². The Hall–Kier alpha value is -0.650. The van der Waals surface area contributed by atoms with E-state index in [1.54, 1.807) is 13.8 Å². The van der Waals surface area contributed by atoms with Crippen LogP contribution in [-0.2, 0) is 14.3 Å². The molecule has 0 bridgehead atoms. The highest BCUT2D eigenvalue weighted by atomic mass is 16.6. The number of esters is 1. The van der Waals surface area contributed by atoms with Gasteiger partial charge in [0.2, 0.25) is 0 Å². The zero-order valence-electron chi connectivity index (χ0n) is 22.8. The highest BCUT2D eigenvalue weighted by Gasteiger charge is 2.80. The quantitative estimate of drug-likeness (QED) is 0.511. The predicted molar refractivity (Wildman–Crippen MR) is 136 cm³/mol. The minimum absolute atomic E-state index is 0. The standard InChI is InChI=1S/C30H48O5.H2/c1-17(31)34-25(27(4,5)33)21-9-7-19-22(35-21)15-20-18-8-10-23-26(2,3)24(32)11-12-30(23)16-29(18,30)14-13-28(19,20)6;/h18-25,32-33H,7-16H2,1-6H3;1H/t18?,19?,20?,21?,22?,23?,24-,25-,28+,29?,30?;/m0./s1. The van der Waals surface area contributed by atoms with Gasteiger partial charge in [0.05, 0.1) is 23.9 Å². The maximum Gasteiger partial charge on any atom is 0.303 e. The van der Waals surface area contributed by atoms with Gasteiger partial charge in [-0.2, -0.15) is 0 Å². The summed E-state index contributed by atoms with van der Waals surface area (Å²) in [6.07, 6.45) is 11.1. The average molecular weight is 491 g/mol. The lowest BCUT2D eigenvalue weighted by molar-refractivity contribution is -0.200. The molecule has 1 saturated heterocycles. The van der Waals surface area contributed by atoms with Crippen molar-refractivity contribution in [1.29, 1.82) is 0 Å². The molecule has 0 aromatic carbocycles. The molecule has 1 heterocycles. The van der Waals surface area contributed by atoms with E-state index in [0.717, 1.165) is 31.6 Å². The lowest BCUT2D eigenvalue weighted by atomic mass is 9.46. The van der Waals surface area contributed by atoms with Crippen molar-refractivity contribution in [3.8, 4) is 0 Å². The van der Waals surface area contributed by atoms with E-state index >= 15 is 0 Å². The minimum atomic E-state index is -1.13. The highest BCUT2D eigenvalue weighted by molar-refractivity contribution is 5.66. The number of carbonyl (C=O) groups is 1. The van der Waals surface area contributed by atoms with Crippen LogP contribution >= 0.6 is 0 Å². The van der Waals surface area contributed by atoms with Gasteiger partial charge in [-0.25, -0.2) is 0 Å². The largest absolute Gasteiger partial charge is 0.457 e. The van der Waals surface area contributed by atoms with E-state index < -0.39 is 11.7 Å². The Bertz CT molecular complexity index is 898. The molecular formula is C30H50O5. The molecule has 5 heteroatoms. The van der Waals surface area contributed by atoms with E-state index in [9.17, 15) is 15.0 Å². The Labute approximate surface area is 213 Å². The van der Waals surface area contributed by atoms with Gasteiger partial charge in [-0.05, 0) is 123 Å². The van der Waals surface area contributed by atoms with Crippen LogP contribution in [0.3, 0.4) is 0 Å². The maximum atomic E-state index is 11.8. The first-order chi connectivity index (χ1) is 16.3. The first-order valence-corrected chi connectivity index (χ1v) is 14.5. The molecule has 35 heavy (non-hydrogen) atoms. The monoisotopic (exact) mass is 490 g/mol. The van der Waals surface area contributed by atoms with Crippen molar-refractivity contribution in [2.24, 2.45) is 45.3 Å².